The van der Waals surface area contributed by atoms with Crippen LogP contribution in [0.15, 0.2) is 42.5 Å². The first-order valence-corrected chi connectivity index (χ1v) is 5.37. The molecule has 1 heteroatoms. The number of alkyl halides is 1. The van der Waals surface area contributed by atoms with E-state index < -0.39 is 6.17 Å². The first-order chi connectivity index (χ1) is 7.25. The maximum absolute atomic E-state index is 12.7. The van der Waals surface area contributed by atoms with Crippen molar-refractivity contribution in [2.75, 3.05) is 0 Å². The third-order valence-electron chi connectivity index (χ3n) is 2.64. The van der Waals surface area contributed by atoms with Gasteiger partial charge in [0.1, 0.15) is 0 Å². The Morgan fingerprint density at radius 3 is 2.53 bits per heavy atom. The van der Waals surface area contributed by atoms with E-state index >= 15 is 0 Å². The molecule has 2 aromatic carbocycles. The van der Waals surface area contributed by atoms with Gasteiger partial charge in [-0.1, -0.05) is 42.5 Å². The van der Waals surface area contributed by atoms with Crippen molar-refractivity contribution in [2.24, 2.45) is 0 Å². The molecule has 0 spiro atoms. The summed E-state index contributed by atoms with van der Waals surface area (Å²) in [6, 6.07) is 14.6. The SMILES string of the molecule is CC(F)CCc1ccc2ccccc2c1. The Bertz CT molecular complexity index is 446. The van der Waals surface area contributed by atoms with Gasteiger partial charge in [-0.3, -0.25) is 0 Å². The molecule has 0 saturated carbocycles. The standard InChI is InChI=1S/C14H15F/c1-11(15)6-7-12-8-9-13-4-2-3-5-14(13)10-12/h2-5,8-11H,6-7H2,1H3. The first kappa shape index (κ1) is 10.2. The van der Waals surface area contributed by atoms with Gasteiger partial charge in [-0.15, -0.1) is 0 Å². The summed E-state index contributed by atoms with van der Waals surface area (Å²) in [5.74, 6) is 0. The molecule has 0 heterocycles. The lowest BCUT2D eigenvalue weighted by molar-refractivity contribution is 0.341. The average Bonchev–Trinajstić information content (AvgIpc) is 2.26. The summed E-state index contributed by atoms with van der Waals surface area (Å²) < 4.78 is 12.7. The van der Waals surface area contributed by atoms with Gasteiger partial charge in [0.05, 0.1) is 6.17 Å². The van der Waals surface area contributed by atoms with E-state index in [4.69, 9.17) is 0 Å². The molecule has 0 N–H and O–H groups in total. The molecule has 0 aromatic heterocycles. The Kier molecular flexibility index (Phi) is 3.00. The lowest BCUT2D eigenvalue weighted by Crippen LogP contribution is -1.95. The summed E-state index contributed by atoms with van der Waals surface area (Å²) in [7, 11) is 0. The number of halogens is 1. The fourth-order valence-corrected chi connectivity index (χ4v) is 1.76. The Balaban J connectivity index is 2.23. The van der Waals surface area contributed by atoms with Gasteiger partial charge in [-0.2, -0.15) is 0 Å². The second-order valence-electron chi connectivity index (χ2n) is 4.00. The molecule has 0 aliphatic rings. The number of aryl methyl sites for hydroxylation is 1. The van der Waals surface area contributed by atoms with E-state index in [1.807, 2.05) is 12.1 Å². The molecule has 0 nitrogen and oxygen atoms in total. The van der Waals surface area contributed by atoms with Crippen molar-refractivity contribution in [3.8, 4) is 0 Å². The molecule has 0 radical (unpaired) electrons. The van der Waals surface area contributed by atoms with E-state index in [0.717, 1.165) is 6.42 Å². The summed E-state index contributed by atoms with van der Waals surface area (Å²) in [6.45, 7) is 1.61. The largest absolute Gasteiger partial charge is 0.248 e. The maximum Gasteiger partial charge on any atom is 0.0976 e. The van der Waals surface area contributed by atoms with Crippen LogP contribution in [0.4, 0.5) is 4.39 Å². The molecule has 1 unspecified atom stereocenters. The fourth-order valence-electron chi connectivity index (χ4n) is 1.76. The van der Waals surface area contributed by atoms with Crippen LogP contribution in [0.3, 0.4) is 0 Å². The zero-order chi connectivity index (χ0) is 10.7. The van der Waals surface area contributed by atoms with Crippen molar-refractivity contribution in [1.82, 2.24) is 0 Å². The lowest BCUT2D eigenvalue weighted by atomic mass is 10.0. The average molecular weight is 202 g/mol. The fraction of sp³-hybridized carbons (Fsp3) is 0.286. The van der Waals surface area contributed by atoms with Crippen molar-refractivity contribution in [3.05, 3.63) is 48.0 Å². The van der Waals surface area contributed by atoms with E-state index in [-0.39, 0.29) is 0 Å². The second-order valence-corrected chi connectivity index (χ2v) is 4.00. The summed E-state index contributed by atoms with van der Waals surface area (Å²) in [4.78, 5) is 0. The van der Waals surface area contributed by atoms with Crippen LogP contribution in [0.25, 0.3) is 10.8 Å². The topological polar surface area (TPSA) is 0 Å². The minimum absolute atomic E-state index is 0.609. The quantitative estimate of drug-likeness (QED) is 0.702. The molecular weight excluding hydrogens is 187 g/mol. The molecule has 0 bridgehead atoms. The Morgan fingerprint density at radius 1 is 1.07 bits per heavy atom. The van der Waals surface area contributed by atoms with Gasteiger partial charge in [0.15, 0.2) is 0 Å². The monoisotopic (exact) mass is 202 g/mol. The van der Waals surface area contributed by atoms with Crippen molar-refractivity contribution in [2.45, 2.75) is 25.9 Å². The number of benzene rings is 2. The zero-order valence-corrected chi connectivity index (χ0v) is 8.91. The summed E-state index contributed by atoms with van der Waals surface area (Å²) in [5.41, 5.74) is 1.22. The van der Waals surface area contributed by atoms with Crippen LogP contribution in [0.2, 0.25) is 0 Å². The van der Waals surface area contributed by atoms with Gasteiger partial charge in [-0.05, 0) is 36.1 Å². The van der Waals surface area contributed by atoms with E-state index in [1.54, 1.807) is 6.92 Å². The van der Waals surface area contributed by atoms with Crippen LogP contribution in [0, 0.1) is 0 Å². The summed E-state index contributed by atoms with van der Waals surface area (Å²) in [6.07, 6.45) is 0.720. The van der Waals surface area contributed by atoms with Gasteiger partial charge in [0.25, 0.3) is 0 Å². The van der Waals surface area contributed by atoms with Crippen LogP contribution >= 0.6 is 0 Å². The summed E-state index contributed by atoms with van der Waals surface area (Å²) in [5, 5.41) is 2.48. The van der Waals surface area contributed by atoms with E-state index in [0.29, 0.717) is 6.42 Å². The molecule has 0 fully saturated rings. The van der Waals surface area contributed by atoms with E-state index in [9.17, 15) is 4.39 Å². The molecule has 0 aliphatic heterocycles. The van der Waals surface area contributed by atoms with Crippen LogP contribution in [0.1, 0.15) is 18.9 Å². The summed E-state index contributed by atoms with van der Waals surface area (Å²) >= 11 is 0. The Hall–Kier alpha value is -1.37. The molecule has 78 valence electrons. The second kappa shape index (κ2) is 4.43. The molecule has 2 aromatic rings. The van der Waals surface area contributed by atoms with Gasteiger partial charge < -0.3 is 0 Å². The van der Waals surface area contributed by atoms with Crippen LogP contribution < -0.4 is 0 Å². The van der Waals surface area contributed by atoms with E-state index in [1.165, 1.54) is 16.3 Å². The predicted molar refractivity (Wildman–Crippen MR) is 62.8 cm³/mol. The number of hydrogen-bond acceptors (Lipinski definition) is 0. The smallest absolute Gasteiger partial charge is 0.0976 e. The molecule has 0 saturated heterocycles. The van der Waals surface area contributed by atoms with E-state index in [2.05, 4.69) is 30.3 Å². The first-order valence-electron chi connectivity index (χ1n) is 5.37. The number of hydrogen-bond donors (Lipinski definition) is 0. The Morgan fingerprint density at radius 2 is 1.80 bits per heavy atom. The van der Waals surface area contributed by atoms with Crippen LogP contribution in [-0.4, -0.2) is 6.17 Å². The normalized spacial score (nSPS) is 12.9. The van der Waals surface area contributed by atoms with Crippen LogP contribution in [-0.2, 0) is 6.42 Å². The highest BCUT2D eigenvalue weighted by molar-refractivity contribution is 5.82. The van der Waals surface area contributed by atoms with Gasteiger partial charge in [0, 0.05) is 0 Å². The van der Waals surface area contributed by atoms with Crippen LogP contribution in [0.5, 0.6) is 0 Å². The van der Waals surface area contributed by atoms with Gasteiger partial charge in [-0.25, -0.2) is 4.39 Å². The molecule has 0 amide bonds. The third kappa shape index (κ3) is 2.56. The zero-order valence-electron chi connectivity index (χ0n) is 8.91. The van der Waals surface area contributed by atoms with Crippen molar-refractivity contribution in [3.63, 3.8) is 0 Å². The highest BCUT2D eigenvalue weighted by Crippen LogP contribution is 2.17. The third-order valence-corrected chi connectivity index (χ3v) is 2.64. The molecule has 2 rings (SSSR count). The van der Waals surface area contributed by atoms with Crippen molar-refractivity contribution in [1.29, 1.82) is 0 Å². The van der Waals surface area contributed by atoms with Gasteiger partial charge in [0.2, 0.25) is 0 Å². The molecule has 1 atom stereocenters. The predicted octanol–water partition coefficient (Wildman–Crippen LogP) is 4.13. The maximum atomic E-state index is 12.7. The van der Waals surface area contributed by atoms with Gasteiger partial charge >= 0.3 is 0 Å². The Labute approximate surface area is 89.7 Å². The molecular formula is C14H15F. The minimum Gasteiger partial charge on any atom is -0.248 e. The highest BCUT2D eigenvalue weighted by atomic mass is 19.1. The number of fused-ring (bicyclic) bond motifs is 1. The lowest BCUT2D eigenvalue weighted by Gasteiger charge is -2.04. The number of rotatable bonds is 3. The van der Waals surface area contributed by atoms with Crippen molar-refractivity contribution < 1.29 is 4.39 Å². The highest BCUT2D eigenvalue weighted by Gasteiger charge is 2.00. The minimum atomic E-state index is -0.712. The molecule has 0 aliphatic carbocycles. The molecule has 15 heavy (non-hydrogen) atoms. The van der Waals surface area contributed by atoms with Crippen molar-refractivity contribution >= 4 is 10.8 Å².